The Balaban J connectivity index is 2.23. The molecule has 0 spiro atoms. The van der Waals surface area contributed by atoms with Crippen LogP contribution in [0.4, 0.5) is 0 Å². The van der Waals surface area contributed by atoms with Crippen molar-refractivity contribution in [1.82, 2.24) is 4.57 Å². The number of hydrogen-bond donors (Lipinski definition) is 0. The molecule has 2 aromatic rings. The van der Waals surface area contributed by atoms with Gasteiger partial charge in [-0.3, -0.25) is 9.36 Å². The minimum absolute atomic E-state index is 0.114. The first-order valence-corrected chi connectivity index (χ1v) is 5.73. The Hall–Kier alpha value is -2.74. The van der Waals surface area contributed by atoms with E-state index in [1.165, 1.54) is 10.6 Å². The third-order valence-corrected chi connectivity index (χ3v) is 3.01. The van der Waals surface area contributed by atoms with Crippen LogP contribution < -0.4 is 15.0 Å². The summed E-state index contributed by atoms with van der Waals surface area (Å²) in [5, 5.41) is 8.93. The van der Waals surface area contributed by atoms with Crippen LogP contribution in [0.2, 0.25) is 0 Å². The number of nitriles is 1. The van der Waals surface area contributed by atoms with Crippen LogP contribution in [0.5, 0.6) is 11.5 Å². The lowest BCUT2D eigenvalue weighted by atomic mass is 10.2. The van der Waals surface area contributed by atoms with E-state index in [2.05, 4.69) is 0 Å². The molecule has 3 rings (SSSR count). The molecule has 5 nitrogen and oxygen atoms in total. The maximum atomic E-state index is 12.2. The summed E-state index contributed by atoms with van der Waals surface area (Å²) in [5.74, 6) is 1.26. The fourth-order valence-corrected chi connectivity index (χ4v) is 2.06. The maximum Gasteiger partial charge on any atom is 0.273 e. The van der Waals surface area contributed by atoms with E-state index in [0.29, 0.717) is 17.2 Å². The molecule has 0 saturated carbocycles. The monoisotopic (exact) mass is 254 g/mol. The van der Waals surface area contributed by atoms with Gasteiger partial charge in [-0.1, -0.05) is 0 Å². The smallest absolute Gasteiger partial charge is 0.273 e. The molecule has 1 aromatic carbocycles. The lowest BCUT2D eigenvalue weighted by Gasteiger charge is -2.10. The topological polar surface area (TPSA) is 64.2 Å². The zero-order chi connectivity index (χ0) is 13.4. The van der Waals surface area contributed by atoms with Crippen molar-refractivity contribution in [2.45, 2.75) is 6.92 Å². The van der Waals surface area contributed by atoms with Crippen molar-refractivity contribution < 1.29 is 9.47 Å². The van der Waals surface area contributed by atoms with Gasteiger partial charge in [0.05, 0.1) is 5.69 Å². The Morgan fingerprint density at radius 3 is 2.79 bits per heavy atom. The summed E-state index contributed by atoms with van der Waals surface area (Å²) >= 11 is 0. The molecule has 0 fully saturated rings. The van der Waals surface area contributed by atoms with Crippen LogP contribution in [0.25, 0.3) is 5.69 Å². The Kier molecular flexibility index (Phi) is 2.50. The summed E-state index contributed by atoms with van der Waals surface area (Å²) in [5.41, 5.74) is 1.19. The molecule has 5 heteroatoms. The minimum Gasteiger partial charge on any atom is -0.454 e. The fourth-order valence-electron chi connectivity index (χ4n) is 2.06. The SMILES string of the molecule is Cc1ccc(C#N)c(=O)n1-c1ccc2c(c1)OCO2. The molecule has 19 heavy (non-hydrogen) atoms. The minimum atomic E-state index is -0.332. The zero-order valence-corrected chi connectivity index (χ0v) is 10.2. The number of rotatable bonds is 1. The van der Waals surface area contributed by atoms with Gasteiger partial charge < -0.3 is 9.47 Å². The summed E-state index contributed by atoms with van der Waals surface area (Å²) in [7, 11) is 0. The lowest BCUT2D eigenvalue weighted by Crippen LogP contribution is -2.22. The van der Waals surface area contributed by atoms with Gasteiger partial charge >= 0.3 is 0 Å². The molecule has 0 saturated heterocycles. The van der Waals surface area contributed by atoms with Crippen LogP contribution in [-0.4, -0.2) is 11.4 Å². The van der Waals surface area contributed by atoms with E-state index >= 15 is 0 Å². The van der Waals surface area contributed by atoms with E-state index in [-0.39, 0.29) is 17.9 Å². The lowest BCUT2D eigenvalue weighted by molar-refractivity contribution is 0.174. The summed E-state index contributed by atoms with van der Waals surface area (Å²) in [6.07, 6.45) is 0. The first-order valence-electron chi connectivity index (χ1n) is 5.73. The van der Waals surface area contributed by atoms with Gasteiger partial charge in [-0.05, 0) is 31.2 Å². The van der Waals surface area contributed by atoms with Crippen molar-refractivity contribution in [3.8, 4) is 23.3 Å². The van der Waals surface area contributed by atoms with E-state index in [9.17, 15) is 4.79 Å². The largest absolute Gasteiger partial charge is 0.454 e. The Bertz CT molecular complexity index is 756. The molecule has 1 aliphatic rings. The number of ether oxygens (including phenoxy) is 2. The number of aromatic nitrogens is 1. The third-order valence-electron chi connectivity index (χ3n) is 3.01. The molecule has 0 radical (unpaired) electrons. The molecule has 94 valence electrons. The second-order valence-electron chi connectivity index (χ2n) is 4.18. The van der Waals surface area contributed by atoms with Gasteiger partial charge in [0.25, 0.3) is 5.56 Å². The van der Waals surface area contributed by atoms with Gasteiger partial charge in [-0.15, -0.1) is 0 Å². The molecule has 0 atom stereocenters. The van der Waals surface area contributed by atoms with Gasteiger partial charge in [0, 0.05) is 11.8 Å². The van der Waals surface area contributed by atoms with Crippen molar-refractivity contribution in [2.75, 3.05) is 6.79 Å². The first kappa shape index (κ1) is 11.4. The van der Waals surface area contributed by atoms with Gasteiger partial charge in [-0.2, -0.15) is 5.26 Å². The third kappa shape index (κ3) is 1.74. The number of pyridine rings is 1. The molecule has 1 aromatic heterocycles. The van der Waals surface area contributed by atoms with Gasteiger partial charge in [0.15, 0.2) is 11.5 Å². The molecule has 0 bridgehead atoms. The average Bonchev–Trinajstić information content (AvgIpc) is 2.86. The van der Waals surface area contributed by atoms with Gasteiger partial charge in [-0.25, -0.2) is 0 Å². The van der Waals surface area contributed by atoms with Crippen molar-refractivity contribution in [1.29, 1.82) is 5.26 Å². The number of nitrogens with zero attached hydrogens (tertiary/aromatic N) is 2. The highest BCUT2D eigenvalue weighted by molar-refractivity contribution is 5.51. The second-order valence-corrected chi connectivity index (χ2v) is 4.18. The van der Waals surface area contributed by atoms with Gasteiger partial charge in [0.2, 0.25) is 6.79 Å². The molecular formula is C14H10N2O3. The molecule has 0 unspecified atom stereocenters. The van der Waals surface area contributed by atoms with Crippen LogP contribution in [0, 0.1) is 18.3 Å². The highest BCUT2D eigenvalue weighted by Crippen LogP contribution is 2.33. The first-order chi connectivity index (χ1) is 9.20. The van der Waals surface area contributed by atoms with E-state index in [1.807, 2.05) is 13.0 Å². The predicted octanol–water partition coefficient (Wildman–Crippen LogP) is 1.75. The molecule has 0 amide bonds. The quantitative estimate of drug-likeness (QED) is 0.777. The Labute approximate surface area is 109 Å². The molecule has 0 N–H and O–H groups in total. The summed E-state index contributed by atoms with van der Waals surface area (Å²) < 4.78 is 12.0. The van der Waals surface area contributed by atoms with Crippen LogP contribution >= 0.6 is 0 Å². The van der Waals surface area contributed by atoms with Crippen LogP contribution in [0.3, 0.4) is 0 Å². The molecule has 2 heterocycles. The average molecular weight is 254 g/mol. The molecule has 0 aliphatic carbocycles. The van der Waals surface area contributed by atoms with E-state index in [1.54, 1.807) is 24.3 Å². The maximum absolute atomic E-state index is 12.2. The molecular weight excluding hydrogens is 244 g/mol. The van der Waals surface area contributed by atoms with Gasteiger partial charge in [0.1, 0.15) is 11.6 Å². The number of fused-ring (bicyclic) bond motifs is 1. The second kappa shape index (κ2) is 4.18. The Morgan fingerprint density at radius 2 is 2.00 bits per heavy atom. The van der Waals surface area contributed by atoms with Crippen molar-refractivity contribution in [2.24, 2.45) is 0 Å². The molecule has 1 aliphatic heterocycles. The summed E-state index contributed by atoms with van der Waals surface area (Å²) in [4.78, 5) is 12.2. The van der Waals surface area contributed by atoms with E-state index in [4.69, 9.17) is 14.7 Å². The standard InChI is InChI=1S/C14H10N2O3/c1-9-2-3-10(7-15)14(17)16(9)11-4-5-12-13(6-11)19-8-18-12/h2-6H,8H2,1H3. The Morgan fingerprint density at radius 1 is 1.21 bits per heavy atom. The van der Waals surface area contributed by atoms with Crippen LogP contribution in [0.1, 0.15) is 11.3 Å². The normalized spacial score (nSPS) is 12.2. The highest BCUT2D eigenvalue weighted by Gasteiger charge is 2.15. The van der Waals surface area contributed by atoms with Crippen LogP contribution in [0.15, 0.2) is 35.1 Å². The van der Waals surface area contributed by atoms with Crippen molar-refractivity contribution in [3.63, 3.8) is 0 Å². The number of hydrogen-bond acceptors (Lipinski definition) is 4. The fraction of sp³-hybridized carbons (Fsp3) is 0.143. The van der Waals surface area contributed by atoms with E-state index in [0.717, 1.165) is 5.69 Å². The van der Waals surface area contributed by atoms with Crippen molar-refractivity contribution >= 4 is 0 Å². The number of benzene rings is 1. The summed E-state index contributed by atoms with van der Waals surface area (Å²) in [6, 6.07) is 10.4. The number of aryl methyl sites for hydroxylation is 1. The zero-order valence-electron chi connectivity index (χ0n) is 10.2. The van der Waals surface area contributed by atoms with E-state index < -0.39 is 0 Å². The van der Waals surface area contributed by atoms with Crippen molar-refractivity contribution in [3.05, 3.63) is 51.9 Å². The van der Waals surface area contributed by atoms with Crippen LogP contribution in [-0.2, 0) is 0 Å². The highest BCUT2D eigenvalue weighted by atomic mass is 16.7. The predicted molar refractivity (Wildman–Crippen MR) is 67.6 cm³/mol. The summed E-state index contributed by atoms with van der Waals surface area (Å²) in [6.45, 7) is 2.00.